The molecule has 1 atom stereocenters. The van der Waals surface area contributed by atoms with Crippen LogP contribution in [0.5, 0.6) is 5.75 Å². The molecule has 0 saturated heterocycles. The van der Waals surface area contributed by atoms with Crippen molar-refractivity contribution >= 4 is 5.69 Å². The lowest BCUT2D eigenvalue weighted by Gasteiger charge is -2.33. The van der Waals surface area contributed by atoms with Crippen molar-refractivity contribution in [2.45, 2.75) is 32.2 Å². The Kier molecular flexibility index (Phi) is 4.70. The van der Waals surface area contributed by atoms with Crippen LogP contribution in [0.4, 0.5) is 5.69 Å². The van der Waals surface area contributed by atoms with Gasteiger partial charge in [0, 0.05) is 30.9 Å². The number of ether oxygens (including phenoxy) is 1. The lowest BCUT2D eigenvalue weighted by atomic mass is 9.85. The summed E-state index contributed by atoms with van der Waals surface area (Å²) in [4.78, 5) is 2.38. The standard InChI is InChI=1S/C16H26N2O/c1-12(17-2)16-14(9-6-10-15(16)19-4)18(3)11-13-7-5-8-13/h6,9-10,12-13,17H,5,7-8,11H2,1-4H3. The number of methoxy groups -OCH3 is 1. The first kappa shape index (κ1) is 14.2. The maximum Gasteiger partial charge on any atom is 0.125 e. The largest absolute Gasteiger partial charge is 0.496 e. The van der Waals surface area contributed by atoms with Crippen molar-refractivity contribution in [1.82, 2.24) is 5.32 Å². The normalized spacial score (nSPS) is 16.8. The summed E-state index contributed by atoms with van der Waals surface area (Å²) in [5, 5.41) is 3.33. The molecule has 106 valence electrons. The van der Waals surface area contributed by atoms with Crippen LogP contribution >= 0.6 is 0 Å². The summed E-state index contributed by atoms with van der Waals surface area (Å²) < 4.78 is 5.54. The Bertz CT molecular complexity index is 415. The van der Waals surface area contributed by atoms with Crippen molar-refractivity contribution in [2.24, 2.45) is 5.92 Å². The van der Waals surface area contributed by atoms with E-state index >= 15 is 0 Å². The summed E-state index contributed by atoms with van der Waals surface area (Å²) >= 11 is 0. The van der Waals surface area contributed by atoms with Gasteiger partial charge in [0.15, 0.2) is 0 Å². The molecule has 1 saturated carbocycles. The molecule has 1 fully saturated rings. The third-order valence-corrected chi connectivity index (χ3v) is 4.30. The molecule has 3 nitrogen and oxygen atoms in total. The number of hydrogen-bond acceptors (Lipinski definition) is 3. The Morgan fingerprint density at radius 3 is 2.68 bits per heavy atom. The predicted molar refractivity (Wildman–Crippen MR) is 81.1 cm³/mol. The van der Waals surface area contributed by atoms with E-state index in [0.29, 0.717) is 0 Å². The first-order valence-corrected chi connectivity index (χ1v) is 7.22. The van der Waals surface area contributed by atoms with Gasteiger partial charge in [-0.05, 0) is 44.9 Å². The summed E-state index contributed by atoms with van der Waals surface area (Å²) in [6.45, 7) is 3.33. The van der Waals surface area contributed by atoms with Crippen molar-refractivity contribution in [3.8, 4) is 5.75 Å². The third kappa shape index (κ3) is 3.03. The zero-order chi connectivity index (χ0) is 13.8. The highest BCUT2D eigenvalue weighted by Gasteiger charge is 2.22. The molecule has 0 aliphatic heterocycles. The minimum atomic E-state index is 0.287. The molecule has 0 radical (unpaired) electrons. The van der Waals surface area contributed by atoms with Gasteiger partial charge in [0.25, 0.3) is 0 Å². The van der Waals surface area contributed by atoms with Crippen molar-refractivity contribution in [1.29, 1.82) is 0 Å². The van der Waals surface area contributed by atoms with Gasteiger partial charge >= 0.3 is 0 Å². The fraction of sp³-hybridized carbons (Fsp3) is 0.625. The maximum absolute atomic E-state index is 5.54. The van der Waals surface area contributed by atoms with Crippen LogP contribution in [0.3, 0.4) is 0 Å². The lowest BCUT2D eigenvalue weighted by molar-refractivity contribution is 0.321. The Balaban J connectivity index is 2.26. The van der Waals surface area contributed by atoms with Gasteiger partial charge in [-0.3, -0.25) is 0 Å². The number of nitrogens with zero attached hydrogens (tertiary/aromatic N) is 1. The van der Waals surface area contributed by atoms with Crippen LogP contribution in [0.25, 0.3) is 0 Å². The second kappa shape index (κ2) is 6.29. The number of rotatable bonds is 6. The Morgan fingerprint density at radius 2 is 2.16 bits per heavy atom. The van der Waals surface area contributed by atoms with Gasteiger partial charge in [-0.25, -0.2) is 0 Å². The molecule has 1 aromatic carbocycles. The second-order valence-electron chi connectivity index (χ2n) is 5.58. The number of nitrogens with one attached hydrogen (secondary N) is 1. The molecule has 1 unspecified atom stereocenters. The van der Waals surface area contributed by atoms with Crippen LogP contribution in [0.1, 0.15) is 37.8 Å². The van der Waals surface area contributed by atoms with Crippen LogP contribution in [-0.4, -0.2) is 27.7 Å². The summed E-state index contributed by atoms with van der Waals surface area (Å²) in [7, 11) is 5.93. The van der Waals surface area contributed by atoms with Crippen LogP contribution in [0.15, 0.2) is 18.2 Å². The number of hydrogen-bond donors (Lipinski definition) is 1. The quantitative estimate of drug-likeness (QED) is 0.852. The molecule has 19 heavy (non-hydrogen) atoms. The molecule has 0 aromatic heterocycles. The van der Waals surface area contributed by atoms with E-state index in [-0.39, 0.29) is 6.04 Å². The van der Waals surface area contributed by atoms with E-state index in [1.807, 2.05) is 13.1 Å². The van der Waals surface area contributed by atoms with E-state index < -0.39 is 0 Å². The minimum absolute atomic E-state index is 0.287. The summed E-state index contributed by atoms with van der Waals surface area (Å²) in [5.74, 6) is 1.84. The summed E-state index contributed by atoms with van der Waals surface area (Å²) in [6.07, 6.45) is 4.16. The minimum Gasteiger partial charge on any atom is -0.496 e. The van der Waals surface area contributed by atoms with Crippen molar-refractivity contribution in [3.63, 3.8) is 0 Å². The van der Waals surface area contributed by atoms with Gasteiger partial charge < -0.3 is 15.0 Å². The fourth-order valence-corrected chi connectivity index (χ4v) is 2.78. The van der Waals surface area contributed by atoms with Crippen LogP contribution < -0.4 is 15.0 Å². The van der Waals surface area contributed by atoms with E-state index in [1.54, 1.807) is 7.11 Å². The van der Waals surface area contributed by atoms with Gasteiger partial charge in [0.1, 0.15) is 5.75 Å². The van der Waals surface area contributed by atoms with Crippen molar-refractivity contribution in [3.05, 3.63) is 23.8 Å². The Morgan fingerprint density at radius 1 is 1.42 bits per heavy atom. The van der Waals surface area contributed by atoms with Gasteiger partial charge in [-0.2, -0.15) is 0 Å². The third-order valence-electron chi connectivity index (χ3n) is 4.30. The SMILES string of the molecule is CNC(C)c1c(OC)cccc1N(C)CC1CCC1. The second-order valence-corrected chi connectivity index (χ2v) is 5.58. The summed E-state index contributed by atoms with van der Waals surface area (Å²) in [6, 6.07) is 6.61. The smallest absolute Gasteiger partial charge is 0.125 e. The highest BCUT2D eigenvalue weighted by atomic mass is 16.5. The first-order chi connectivity index (χ1) is 9.17. The molecule has 2 rings (SSSR count). The Hall–Kier alpha value is -1.22. The highest BCUT2D eigenvalue weighted by Crippen LogP contribution is 2.36. The number of benzene rings is 1. The molecule has 0 heterocycles. The average molecular weight is 262 g/mol. The van der Waals surface area contributed by atoms with E-state index in [0.717, 1.165) is 18.2 Å². The van der Waals surface area contributed by atoms with E-state index in [2.05, 4.69) is 36.3 Å². The van der Waals surface area contributed by atoms with Gasteiger partial charge in [-0.1, -0.05) is 12.5 Å². The van der Waals surface area contributed by atoms with E-state index in [4.69, 9.17) is 4.74 Å². The highest BCUT2D eigenvalue weighted by molar-refractivity contribution is 5.60. The molecule has 0 amide bonds. The lowest BCUT2D eigenvalue weighted by Crippen LogP contribution is -2.30. The molecule has 0 spiro atoms. The molecule has 3 heteroatoms. The zero-order valence-electron chi connectivity index (χ0n) is 12.6. The molecule has 1 aliphatic carbocycles. The van der Waals surface area contributed by atoms with E-state index in [1.165, 1.54) is 30.5 Å². The van der Waals surface area contributed by atoms with Gasteiger partial charge in [0.05, 0.1) is 7.11 Å². The topological polar surface area (TPSA) is 24.5 Å². The summed E-state index contributed by atoms with van der Waals surface area (Å²) in [5.41, 5.74) is 2.54. The molecular weight excluding hydrogens is 236 g/mol. The maximum atomic E-state index is 5.54. The van der Waals surface area contributed by atoms with Crippen molar-refractivity contribution < 1.29 is 4.74 Å². The monoisotopic (exact) mass is 262 g/mol. The van der Waals surface area contributed by atoms with E-state index in [9.17, 15) is 0 Å². The van der Waals surface area contributed by atoms with Gasteiger partial charge in [0.2, 0.25) is 0 Å². The Labute approximate surface area is 116 Å². The molecule has 1 aliphatic rings. The van der Waals surface area contributed by atoms with Crippen LogP contribution in [-0.2, 0) is 0 Å². The molecule has 0 bridgehead atoms. The van der Waals surface area contributed by atoms with Crippen LogP contribution in [0, 0.1) is 5.92 Å². The van der Waals surface area contributed by atoms with Crippen LogP contribution in [0.2, 0.25) is 0 Å². The zero-order valence-corrected chi connectivity index (χ0v) is 12.6. The van der Waals surface area contributed by atoms with Gasteiger partial charge in [-0.15, -0.1) is 0 Å². The number of anilines is 1. The first-order valence-electron chi connectivity index (χ1n) is 7.22. The average Bonchev–Trinajstić information content (AvgIpc) is 2.40. The fourth-order valence-electron chi connectivity index (χ4n) is 2.78. The predicted octanol–water partition coefficient (Wildman–Crippen LogP) is 3.21. The molecule has 1 N–H and O–H groups in total. The molecule has 1 aromatic rings. The van der Waals surface area contributed by atoms with Crippen molar-refractivity contribution in [2.75, 3.05) is 32.6 Å². The molecular formula is C16H26N2O.